The van der Waals surface area contributed by atoms with Gasteiger partial charge >= 0.3 is 5.97 Å². The lowest BCUT2D eigenvalue weighted by molar-refractivity contribution is 0.0526. The van der Waals surface area contributed by atoms with Gasteiger partial charge in [-0.05, 0) is 25.1 Å². The number of esters is 1. The van der Waals surface area contributed by atoms with Crippen LogP contribution < -0.4 is 0 Å². The number of ether oxygens (including phenoxy) is 1. The van der Waals surface area contributed by atoms with Gasteiger partial charge in [0.15, 0.2) is 0 Å². The lowest BCUT2D eigenvalue weighted by Crippen LogP contribution is -2.04. The molecule has 0 aliphatic rings. The fraction of sp³-hybridized carbons (Fsp3) is 0.167. The van der Waals surface area contributed by atoms with Crippen molar-refractivity contribution in [1.82, 2.24) is 4.98 Å². The highest BCUT2D eigenvalue weighted by atomic mass is 79.9. The third-order valence-corrected chi connectivity index (χ3v) is 2.89. The molecule has 0 aliphatic heterocycles. The molecule has 1 heterocycles. The van der Waals surface area contributed by atoms with Crippen molar-refractivity contribution in [2.45, 2.75) is 6.92 Å². The van der Waals surface area contributed by atoms with Gasteiger partial charge in [0.2, 0.25) is 0 Å². The van der Waals surface area contributed by atoms with E-state index in [4.69, 9.17) is 4.74 Å². The molecule has 0 bridgehead atoms. The number of carbonyl (C=O) groups excluding carboxylic acids is 1. The third-order valence-electron chi connectivity index (χ3n) is 2.20. The average Bonchev–Trinajstić information content (AvgIpc) is 2.29. The minimum Gasteiger partial charge on any atom is -0.462 e. The highest BCUT2D eigenvalue weighted by Crippen LogP contribution is 2.22. The summed E-state index contributed by atoms with van der Waals surface area (Å²) in [6.07, 6.45) is 1.70. The topological polar surface area (TPSA) is 39.2 Å². The Bertz CT molecular complexity index is 540. The van der Waals surface area contributed by atoms with E-state index in [1.807, 2.05) is 12.1 Å². The van der Waals surface area contributed by atoms with E-state index in [0.717, 1.165) is 15.4 Å². The molecule has 2 aromatic rings. The predicted octanol–water partition coefficient (Wildman–Crippen LogP) is 3.17. The largest absolute Gasteiger partial charge is 0.462 e. The van der Waals surface area contributed by atoms with Crippen molar-refractivity contribution >= 4 is 32.8 Å². The van der Waals surface area contributed by atoms with E-state index < -0.39 is 0 Å². The number of halogens is 1. The van der Waals surface area contributed by atoms with Gasteiger partial charge in [-0.2, -0.15) is 0 Å². The molecule has 0 saturated carbocycles. The lowest BCUT2D eigenvalue weighted by Gasteiger charge is -2.04. The first-order valence-electron chi connectivity index (χ1n) is 4.93. The second-order valence-electron chi connectivity index (χ2n) is 3.25. The molecular formula is C12H10BrNO2. The van der Waals surface area contributed by atoms with E-state index in [1.54, 1.807) is 25.3 Å². The molecule has 82 valence electrons. The Morgan fingerprint density at radius 2 is 2.25 bits per heavy atom. The van der Waals surface area contributed by atoms with Crippen LogP contribution >= 0.6 is 15.9 Å². The zero-order valence-electron chi connectivity index (χ0n) is 8.74. The number of benzene rings is 1. The summed E-state index contributed by atoms with van der Waals surface area (Å²) in [6, 6.07) is 7.20. The minimum absolute atomic E-state index is 0.314. The maximum Gasteiger partial charge on any atom is 0.338 e. The van der Waals surface area contributed by atoms with Crippen LogP contribution in [0.15, 0.2) is 34.9 Å². The van der Waals surface area contributed by atoms with Gasteiger partial charge in [0.25, 0.3) is 0 Å². The van der Waals surface area contributed by atoms with Crippen molar-refractivity contribution in [2.24, 2.45) is 0 Å². The summed E-state index contributed by atoms with van der Waals surface area (Å²) in [7, 11) is 0. The van der Waals surface area contributed by atoms with E-state index >= 15 is 0 Å². The van der Waals surface area contributed by atoms with Crippen LogP contribution in [0.1, 0.15) is 17.3 Å². The number of pyridine rings is 1. The molecule has 0 N–H and O–H groups in total. The van der Waals surface area contributed by atoms with Crippen LogP contribution in [0.25, 0.3) is 10.9 Å². The summed E-state index contributed by atoms with van der Waals surface area (Å²) < 4.78 is 5.89. The van der Waals surface area contributed by atoms with Crippen LogP contribution in [0.4, 0.5) is 0 Å². The van der Waals surface area contributed by atoms with Gasteiger partial charge in [-0.3, -0.25) is 4.98 Å². The van der Waals surface area contributed by atoms with Crippen molar-refractivity contribution in [2.75, 3.05) is 6.61 Å². The Morgan fingerprint density at radius 1 is 1.44 bits per heavy atom. The molecule has 0 spiro atoms. The molecular weight excluding hydrogens is 270 g/mol. The summed E-state index contributed by atoms with van der Waals surface area (Å²) in [5.74, 6) is -0.314. The third kappa shape index (κ3) is 2.07. The first kappa shape index (κ1) is 11.1. The Hall–Kier alpha value is -1.42. The summed E-state index contributed by atoms with van der Waals surface area (Å²) in [6.45, 7) is 2.16. The number of aromatic nitrogens is 1. The van der Waals surface area contributed by atoms with Crippen molar-refractivity contribution in [1.29, 1.82) is 0 Å². The molecule has 0 aliphatic carbocycles. The molecule has 1 aromatic heterocycles. The zero-order valence-corrected chi connectivity index (χ0v) is 10.3. The summed E-state index contributed by atoms with van der Waals surface area (Å²) >= 11 is 3.43. The number of nitrogens with zero attached hydrogens (tertiary/aromatic N) is 1. The number of carbonyl (C=O) groups is 1. The monoisotopic (exact) mass is 279 g/mol. The molecule has 0 unspecified atom stereocenters. The number of rotatable bonds is 2. The second-order valence-corrected chi connectivity index (χ2v) is 4.10. The average molecular weight is 280 g/mol. The van der Waals surface area contributed by atoms with Crippen LogP contribution in [0, 0.1) is 0 Å². The Balaban J connectivity index is 2.48. The Morgan fingerprint density at radius 3 is 3.00 bits per heavy atom. The molecule has 0 saturated heterocycles. The second kappa shape index (κ2) is 4.61. The normalized spacial score (nSPS) is 10.4. The van der Waals surface area contributed by atoms with Crippen LogP contribution in [0.2, 0.25) is 0 Å². The molecule has 16 heavy (non-hydrogen) atoms. The summed E-state index contributed by atoms with van der Waals surface area (Å²) in [4.78, 5) is 15.7. The fourth-order valence-electron chi connectivity index (χ4n) is 1.45. The SMILES string of the molecule is CCOC(=O)c1ccc2c(Br)ccnc2c1. The zero-order chi connectivity index (χ0) is 11.5. The van der Waals surface area contributed by atoms with E-state index in [9.17, 15) is 4.79 Å². The van der Waals surface area contributed by atoms with E-state index in [2.05, 4.69) is 20.9 Å². The van der Waals surface area contributed by atoms with Gasteiger partial charge in [-0.1, -0.05) is 22.0 Å². The highest BCUT2D eigenvalue weighted by Gasteiger charge is 2.08. The number of hydrogen-bond acceptors (Lipinski definition) is 3. The first-order valence-corrected chi connectivity index (χ1v) is 5.73. The van der Waals surface area contributed by atoms with Crippen LogP contribution in [-0.2, 0) is 4.74 Å². The van der Waals surface area contributed by atoms with Gasteiger partial charge < -0.3 is 4.74 Å². The minimum atomic E-state index is -0.314. The fourth-order valence-corrected chi connectivity index (χ4v) is 1.91. The molecule has 1 aromatic carbocycles. The van der Waals surface area contributed by atoms with Gasteiger partial charge in [0, 0.05) is 16.1 Å². The van der Waals surface area contributed by atoms with Gasteiger partial charge in [-0.15, -0.1) is 0 Å². The maximum atomic E-state index is 11.5. The van der Waals surface area contributed by atoms with Crippen LogP contribution in [0.3, 0.4) is 0 Å². The Labute approximate surface area is 102 Å². The molecule has 0 fully saturated rings. The van der Waals surface area contributed by atoms with Crippen LogP contribution in [0.5, 0.6) is 0 Å². The predicted molar refractivity (Wildman–Crippen MR) is 65.4 cm³/mol. The van der Waals surface area contributed by atoms with E-state index in [0.29, 0.717) is 12.2 Å². The van der Waals surface area contributed by atoms with Gasteiger partial charge in [-0.25, -0.2) is 4.79 Å². The molecule has 0 radical (unpaired) electrons. The standard InChI is InChI=1S/C12H10BrNO2/c1-2-16-12(15)8-3-4-9-10(13)5-6-14-11(9)7-8/h3-7H,2H2,1H3. The molecule has 0 amide bonds. The van der Waals surface area contributed by atoms with Gasteiger partial charge in [0.1, 0.15) is 0 Å². The highest BCUT2D eigenvalue weighted by molar-refractivity contribution is 9.10. The molecule has 4 heteroatoms. The van der Waals surface area contributed by atoms with Crippen molar-refractivity contribution < 1.29 is 9.53 Å². The Kier molecular flexibility index (Phi) is 3.19. The van der Waals surface area contributed by atoms with E-state index in [1.165, 1.54) is 0 Å². The molecule has 0 atom stereocenters. The first-order chi connectivity index (χ1) is 7.72. The smallest absolute Gasteiger partial charge is 0.338 e. The number of hydrogen-bond donors (Lipinski definition) is 0. The molecule has 3 nitrogen and oxygen atoms in total. The summed E-state index contributed by atoms with van der Waals surface area (Å²) in [5, 5.41) is 0.982. The number of fused-ring (bicyclic) bond motifs is 1. The quantitative estimate of drug-likeness (QED) is 0.793. The lowest BCUT2D eigenvalue weighted by atomic mass is 10.1. The van der Waals surface area contributed by atoms with Crippen molar-refractivity contribution in [3.8, 4) is 0 Å². The van der Waals surface area contributed by atoms with Crippen molar-refractivity contribution in [3.63, 3.8) is 0 Å². The van der Waals surface area contributed by atoms with Crippen molar-refractivity contribution in [3.05, 3.63) is 40.5 Å². The van der Waals surface area contributed by atoms with Gasteiger partial charge in [0.05, 0.1) is 17.7 Å². The maximum absolute atomic E-state index is 11.5. The van der Waals surface area contributed by atoms with Crippen LogP contribution in [-0.4, -0.2) is 17.6 Å². The van der Waals surface area contributed by atoms with E-state index in [-0.39, 0.29) is 5.97 Å². The summed E-state index contributed by atoms with van der Waals surface area (Å²) in [5.41, 5.74) is 1.31. The molecule has 2 rings (SSSR count).